The van der Waals surface area contributed by atoms with Crippen molar-refractivity contribution >= 4 is 11.6 Å². The van der Waals surface area contributed by atoms with E-state index >= 15 is 0 Å². The average Bonchev–Trinajstić information content (AvgIpc) is 2.53. The Hall–Kier alpha value is -1.51. The molecule has 1 atom stereocenters. The van der Waals surface area contributed by atoms with Crippen molar-refractivity contribution in [3.63, 3.8) is 0 Å². The molecule has 0 amide bonds. The third-order valence-electron chi connectivity index (χ3n) is 3.48. The number of ether oxygens (including phenoxy) is 1. The van der Waals surface area contributed by atoms with Crippen LogP contribution in [0.5, 0.6) is 5.75 Å². The Labute approximate surface area is 131 Å². The van der Waals surface area contributed by atoms with Crippen molar-refractivity contribution in [1.29, 1.82) is 0 Å². The third-order valence-corrected chi connectivity index (χ3v) is 3.73. The number of unbranched alkanes of at least 4 members (excludes halogenated alkanes) is 1. The van der Waals surface area contributed by atoms with Gasteiger partial charge in [0.05, 0.1) is 0 Å². The Bertz CT molecular complexity index is 536. The molecule has 112 valence electrons. The van der Waals surface area contributed by atoms with E-state index in [0.717, 1.165) is 22.8 Å². The second kappa shape index (κ2) is 8.06. The monoisotopic (exact) mass is 303 g/mol. The van der Waals surface area contributed by atoms with Gasteiger partial charge in [-0.25, -0.2) is 0 Å². The topological polar surface area (TPSA) is 35.2 Å². The van der Waals surface area contributed by atoms with E-state index in [-0.39, 0.29) is 6.10 Å². The van der Waals surface area contributed by atoms with Crippen LogP contribution in [0.1, 0.15) is 37.0 Å². The third kappa shape index (κ3) is 4.76. The first kappa shape index (κ1) is 15.9. The van der Waals surface area contributed by atoms with Gasteiger partial charge >= 0.3 is 0 Å². The second-order valence-electron chi connectivity index (χ2n) is 5.14. The molecule has 0 aromatic heterocycles. The standard InChI is InChI=1S/C18H22ClNO/c1-2-3-4-14-5-11-17(12-6-14)21-18(13-20)15-7-9-16(19)10-8-15/h5-12,18H,2-4,13,20H2,1H3. The fraction of sp³-hybridized carbons (Fsp3) is 0.333. The first-order valence-electron chi connectivity index (χ1n) is 7.44. The number of aryl methyl sites for hydroxylation is 1. The van der Waals surface area contributed by atoms with Gasteiger partial charge in [0.25, 0.3) is 0 Å². The van der Waals surface area contributed by atoms with Gasteiger partial charge in [0.15, 0.2) is 0 Å². The number of hydrogen-bond donors (Lipinski definition) is 1. The van der Waals surface area contributed by atoms with Gasteiger partial charge in [-0.15, -0.1) is 0 Å². The lowest BCUT2D eigenvalue weighted by atomic mass is 10.1. The van der Waals surface area contributed by atoms with E-state index in [1.807, 2.05) is 36.4 Å². The van der Waals surface area contributed by atoms with Gasteiger partial charge in [-0.3, -0.25) is 0 Å². The lowest BCUT2D eigenvalue weighted by Crippen LogP contribution is -2.18. The highest BCUT2D eigenvalue weighted by molar-refractivity contribution is 6.30. The van der Waals surface area contributed by atoms with E-state index in [0.29, 0.717) is 6.54 Å². The van der Waals surface area contributed by atoms with Crippen molar-refractivity contribution in [3.8, 4) is 5.75 Å². The minimum atomic E-state index is -0.149. The predicted molar refractivity (Wildman–Crippen MR) is 88.9 cm³/mol. The Morgan fingerprint density at radius 2 is 1.71 bits per heavy atom. The molecule has 2 aromatic carbocycles. The van der Waals surface area contributed by atoms with E-state index < -0.39 is 0 Å². The molecule has 2 aromatic rings. The average molecular weight is 304 g/mol. The predicted octanol–water partition coefficient (Wildman–Crippen LogP) is 4.76. The first-order valence-corrected chi connectivity index (χ1v) is 7.82. The van der Waals surface area contributed by atoms with Crippen LogP contribution in [0.2, 0.25) is 5.02 Å². The molecule has 3 heteroatoms. The minimum Gasteiger partial charge on any atom is -0.484 e. The minimum absolute atomic E-state index is 0.149. The molecule has 2 nitrogen and oxygen atoms in total. The summed E-state index contributed by atoms with van der Waals surface area (Å²) in [5.74, 6) is 0.848. The fourth-order valence-corrected chi connectivity index (χ4v) is 2.34. The molecule has 0 bridgehead atoms. The van der Waals surface area contributed by atoms with Crippen molar-refractivity contribution in [2.75, 3.05) is 6.54 Å². The van der Waals surface area contributed by atoms with Crippen LogP contribution in [-0.2, 0) is 6.42 Å². The zero-order chi connectivity index (χ0) is 15.1. The molecule has 0 radical (unpaired) electrons. The summed E-state index contributed by atoms with van der Waals surface area (Å²) in [5.41, 5.74) is 8.21. The number of halogens is 1. The van der Waals surface area contributed by atoms with Crippen molar-refractivity contribution in [1.82, 2.24) is 0 Å². The molecular weight excluding hydrogens is 282 g/mol. The molecule has 21 heavy (non-hydrogen) atoms. The molecule has 0 aliphatic carbocycles. The molecule has 0 aliphatic rings. The van der Waals surface area contributed by atoms with Crippen LogP contribution >= 0.6 is 11.6 Å². The lowest BCUT2D eigenvalue weighted by Gasteiger charge is -2.18. The molecule has 1 unspecified atom stereocenters. The van der Waals surface area contributed by atoms with Crippen LogP contribution in [0.25, 0.3) is 0 Å². The van der Waals surface area contributed by atoms with Crippen LogP contribution in [0, 0.1) is 0 Å². The normalized spacial score (nSPS) is 12.1. The summed E-state index contributed by atoms with van der Waals surface area (Å²) in [4.78, 5) is 0. The molecule has 0 saturated carbocycles. The van der Waals surface area contributed by atoms with E-state index in [1.54, 1.807) is 0 Å². The summed E-state index contributed by atoms with van der Waals surface area (Å²) in [6.07, 6.45) is 3.40. The van der Waals surface area contributed by atoms with Gasteiger partial charge in [-0.2, -0.15) is 0 Å². The highest BCUT2D eigenvalue weighted by Crippen LogP contribution is 2.23. The maximum absolute atomic E-state index is 5.98. The molecule has 0 aliphatic heterocycles. The molecule has 0 saturated heterocycles. The van der Waals surface area contributed by atoms with Crippen LogP contribution in [-0.4, -0.2) is 6.54 Å². The number of hydrogen-bond acceptors (Lipinski definition) is 2. The number of rotatable bonds is 7. The van der Waals surface area contributed by atoms with Crippen LogP contribution in [0.15, 0.2) is 48.5 Å². The highest BCUT2D eigenvalue weighted by Gasteiger charge is 2.11. The largest absolute Gasteiger partial charge is 0.484 e. The van der Waals surface area contributed by atoms with Gasteiger partial charge in [0.1, 0.15) is 11.9 Å². The molecule has 0 fully saturated rings. The maximum atomic E-state index is 5.98. The fourth-order valence-electron chi connectivity index (χ4n) is 2.21. The van der Waals surface area contributed by atoms with Gasteiger partial charge in [-0.1, -0.05) is 49.2 Å². The summed E-state index contributed by atoms with van der Waals surface area (Å²) >= 11 is 5.91. The highest BCUT2D eigenvalue weighted by atomic mass is 35.5. The van der Waals surface area contributed by atoms with Gasteiger partial charge in [0.2, 0.25) is 0 Å². The maximum Gasteiger partial charge on any atom is 0.136 e. The molecule has 2 rings (SSSR count). The van der Waals surface area contributed by atoms with E-state index in [4.69, 9.17) is 22.1 Å². The lowest BCUT2D eigenvalue weighted by molar-refractivity contribution is 0.214. The summed E-state index contributed by atoms with van der Waals surface area (Å²) in [7, 11) is 0. The molecule has 0 heterocycles. The SMILES string of the molecule is CCCCc1ccc(OC(CN)c2ccc(Cl)cc2)cc1. The second-order valence-corrected chi connectivity index (χ2v) is 5.58. The Balaban J connectivity index is 2.02. The summed E-state index contributed by atoms with van der Waals surface area (Å²) in [5, 5.41) is 0.717. The van der Waals surface area contributed by atoms with Crippen LogP contribution in [0.3, 0.4) is 0 Å². The van der Waals surface area contributed by atoms with E-state index in [1.165, 1.54) is 18.4 Å². The Kier molecular flexibility index (Phi) is 6.09. The van der Waals surface area contributed by atoms with Crippen LogP contribution in [0.4, 0.5) is 0 Å². The van der Waals surface area contributed by atoms with Crippen molar-refractivity contribution in [3.05, 3.63) is 64.7 Å². The summed E-state index contributed by atoms with van der Waals surface area (Å²) < 4.78 is 5.98. The molecule has 0 spiro atoms. The molecule has 2 N–H and O–H groups in total. The zero-order valence-corrected chi connectivity index (χ0v) is 13.1. The van der Waals surface area contributed by atoms with Crippen molar-refractivity contribution < 1.29 is 4.74 Å². The Morgan fingerprint density at radius 3 is 2.29 bits per heavy atom. The van der Waals surface area contributed by atoms with Gasteiger partial charge in [-0.05, 0) is 48.2 Å². The Morgan fingerprint density at radius 1 is 1.05 bits per heavy atom. The van der Waals surface area contributed by atoms with Gasteiger partial charge in [0, 0.05) is 11.6 Å². The smallest absolute Gasteiger partial charge is 0.136 e. The quantitative estimate of drug-likeness (QED) is 0.800. The zero-order valence-electron chi connectivity index (χ0n) is 12.4. The van der Waals surface area contributed by atoms with Crippen molar-refractivity contribution in [2.45, 2.75) is 32.3 Å². The van der Waals surface area contributed by atoms with E-state index in [9.17, 15) is 0 Å². The van der Waals surface area contributed by atoms with E-state index in [2.05, 4.69) is 19.1 Å². The summed E-state index contributed by atoms with van der Waals surface area (Å²) in [6, 6.07) is 15.9. The van der Waals surface area contributed by atoms with Crippen molar-refractivity contribution in [2.24, 2.45) is 5.73 Å². The van der Waals surface area contributed by atoms with Crippen LogP contribution < -0.4 is 10.5 Å². The number of nitrogens with two attached hydrogens (primary N) is 1. The van der Waals surface area contributed by atoms with Gasteiger partial charge < -0.3 is 10.5 Å². The summed E-state index contributed by atoms with van der Waals surface area (Å²) in [6.45, 7) is 2.63. The number of benzene rings is 2. The first-order chi connectivity index (χ1) is 10.2. The molecular formula is C18H22ClNO.